The Kier molecular flexibility index (Phi) is 1.29. The van der Waals surface area contributed by atoms with Gasteiger partial charge in [0.1, 0.15) is 0 Å². The Labute approximate surface area is 64.8 Å². The molecule has 0 amide bonds. The molecule has 11 heavy (non-hydrogen) atoms. The predicted octanol–water partition coefficient (Wildman–Crippen LogP) is 0.337. The Bertz CT molecular complexity index is 242. The van der Waals surface area contributed by atoms with Gasteiger partial charge in [-0.1, -0.05) is 0 Å². The maximum Gasteiger partial charge on any atom is 0.224 e. The summed E-state index contributed by atoms with van der Waals surface area (Å²) in [6, 6.07) is 1.78. The number of nitrogens with zero attached hydrogens (tertiary/aromatic N) is 2. The number of anilines is 1. The fourth-order valence-corrected chi connectivity index (χ4v) is 0.846. The van der Waals surface area contributed by atoms with Crippen LogP contribution in [0.2, 0.25) is 0 Å². The Balaban J connectivity index is 2.07. The average molecular weight is 150 g/mol. The lowest BCUT2D eigenvalue weighted by atomic mass is 10.5. The van der Waals surface area contributed by atoms with Crippen LogP contribution in [0.15, 0.2) is 18.5 Å². The zero-order valence-corrected chi connectivity index (χ0v) is 6.12. The van der Waals surface area contributed by atoms with Crippen LogP contribution in [0.3, 0.4) is 0 Å². The lowest BCUT2D eigenvalue weighted by molar-refractivity contribution is 0.766. The van der Waals surface area contributed by atoms with E-state index in [1.165, 1.54) is 0 Å². The molecule has 1 aromatic heterocycles. The summed E-state index contributed by atoms with van der Waals surface area (Å²) in [5, 5.41) is 3.05. The van der Waals surface area contributed by atoms with Crippen molar-refractivity contribution < 1.29 is 0 Å². The summed E-state index contributed by atoms with van der Waals surface area (Å²) in [5.41, 5.74) is 5.57. The molecule has 1 aromatic rings. The smallest absolute Gasteiger partial charge is 0.224 e. The summed E-state index contributed by atoms with van der Waals surface area (Å²) in [5.74, 6) is 0.618. The molecule has 0 bridgehead atoms. The second-order valence-electron chi connectivity index (χ2n) is 2.85. The van der Waals surface area contributed by atoms with Crippen LogP contribution >= 0.6 is 0 Å². The molecular formula is C7H10N4. The molecule has 2 rings (SSSR count). The van der Waals surface area contributed by atoms with Gasteiger partial charge in [-0.05, 0) is 18.9 Å². The van der Waals surface area contributed by atoms with Crippen molar-refractivity contribution in [3.8, 4) is 0 Å². The highest BCUT2D eigenvalue weighted by molar-refractivity contribution is 5.30. The van der Waals surface area contributed by atoms with Gasteiger partial charge in [0, 0.05) is 12.4 Å². The van der Waals surface area contributed by atoms with Gasteiger partial charge < -0.3 is 11.1 Å². The molecule has 0 spiro atoms. The topological polar surface area (TPSA) is 63.8 Å². The van der Waals surface area contributed by atoms with Gasteiger partial charge in [0.15, 0.2) is 0 Å². The summed E-state index contributed by atoms with van der Waals surface area (Å²) in [6.45, 7) is 0. The second-order valence-corrected chi connectivity index (χ2v) is 2.85. The molecule has 0 unspecified atom stereocenters. The molecule has 4 heteroatoms. The highest BCUT2D eigenvalue weighted by Crippen LogP contribution is 2.31. The first-order valence-electron chi connectivity index (χ1n) is 3.63. The lowest BCUT2D eigenvalue weighted by Crippen LogP contribution is -2.32. The van der Waals surface area contributed by atoms with Crippen molar-refractivity contribution in [2.45, 2.75) is 18.5 Å². The summed E-state index contributed by atoms with van der Waals surface area (Å²) in [6.07, 6.45) is 5.40. The van der Waals surface area contributed by atoms with Crippen LogP contribution in [-0.4, -0.2) is 15.6 Å². The summed E-state index contributed by atoms with van der Waals surface area (Å²) in [4.78, 5) is 8.00. The maximum atomic E-state index is 5.79. The van der Waals surface area contributed by atoms with Crippen molar-refractivity contribution >= 4 is 5.95 Å². The first kappa shape index (κ1) is 6.54. The maximum absolute atomic E-state index is 5.79. The van der Waals surface area contributed by atoms with Crippen LogP contribution in [0.4, 0.5) is 5.95 Å². The molecule has 0 radical (unpaired) electrons. The summed E-state index contributed by atoms with van der Waals surface area (Å²) in [7, 11) is 0. The van der Waals surface area contributed by atoms with E-state index in [4.69, 9.17) is 5.73 Å². The van der Waals surface area contributed by atoms with Crippen molar-refractivity contribution in [2.75, 3.05) is 5.32 Å². The minimum Gasteiger partial charge on any atom is -0.336 e. The number of aromatic nitrogens is 2. The van der Waals surface area contributed by atoms with E-state index in [2.05, 4.69) is 15.3 Å². The average Bonchev–Trinajstić information content (AvgIpc) is 2.70. The molecule has 0 aliphatic heterocycles. The van der Waals surface area contributed by atoms with E-state index in [1.807, 2.05) is 0 Å². The van der Waals surface area contributed by atoms with Gasteiger partial charge in [-0.3, -0.25) is 0 Å². The molecule has 1 fully saturated rings. The van der Waals surface area contributed by atoms with Crippen molar-refractivity contribution in [3.05, 3.63) is 18.5 Å². The van der Waals surface area contributed by atoms with E-state index in [9.17, 15) is 0 Å². The van der Waals surface area contributed by atoms with Crippen molar-refractivity contribution in [3.63, 3.8) is 0 Å². The van der Waals surface area contributed by atoms with E-state index in [-0.39, 0.29) is 5.66 Å². The third kappa shape index (κ3) is 1.46. The number of hydrogen-bond acceptors (Lipinski definition) is 4. The number of nitrogens with two attached hydrogens (primary N) is 1. The zero-order chi connectivity index (χ0) is 7.73. The molecule has 3 N–H and O–H groups in total. The molecule has 4 nitrogen and oxygen atoms in total. The minimum atomic E-state index is -0.221. The predicted molar refractivity (Wildman–Crippen MR) is 41.8 cm³/mol. The first-order chi connectivity index (χ1) is 5.29. The lowest BCUT2D eigenvalue weighted by Gasteiger charge is -2.09. The molecule has 0 atom stereocenters. The van der Waals surface area contributed by atoms with Gasteiger partial charge in [-0.25, -0.2) is 9.97 Å². The van der Waals surface area contributed by atoms with E-state index in [0.717, 1.165) is 12.8 Å². The molecular weight excluding hydrogens is 140 g/mol. The Morgan fingerprint density at radius 2 is 2.00 bits per heavy atom. The standard InChI is InChI=1S/C7H10N4/c8-7(2-3-7)11-6-9-4-1-5-10-6/h1,4-5H,2-3,8H2,(H,9,10,11). The Morgan fingerprint density at radius 1 is 1.36 bits per heavy atom. The fourth-order valence-electron chi connectivity index (χ4n) is 0.846. The number of rotatable bonds is 2. The van der Waals surface area contributed by atoms with Gasteiger partial charge in [-0.2, -0.15) is 0 Å². The van der Waals surface area contributed by atoms with Crippen LogP contribution in [0, 0.1) is 0 Å². The van der Waals surface area contributed by atoms with Crippen molar-refractivity contribution in [2.24, 2.45) is 5.73 Å². The largest absolute Gasteiger partial charge is 0.336 e. The van der Waals surface area contributed by atoms with Crippen molar-refractivity contribution in [1.82, 2.24) is 9.97 Å². The third-order valence-corrected chi connectivity index (χ3v) is 1.72. The monoisotopic (exact) mass is 150 g/mol. The van der Waals surface area contributed by atoms with E-state index < -0.39 is 0 Å². The van der Waals surface area contributed by atoms with Crippen LogP contribution in [-0.2, 0) is 0 Å². The Hall–Kier alpha value is -1.16. The van der Waals surface area contributed by atoms with E-state index in [1.54, 1.807) is 18.5 Å². The van der Waals surface area contributed by atoms with E-state index >= 15 is 0 Å². The molecule has 1 heterocycles. The summed E-state index contributed by atoms with van der Waals surface area (Å²) < 4.78 is 0. The van der Waals surface area contributed by atoms with Crippen LogP contribution in [0.1, 0.15) is 12.8 Å². The second kappa shape index (κ2) is 2.17. The molecule has 1 aliphatic rings. The van der Waals surface area contributed by atoms with Gasteiger partial charge in [0.2, 0.25) is 5.95 Å². The minimum absolute atomic E-state index is 0.221. The molecule has 1 aliphatic carbocycles. The zero-order valence-electron chi connectivity index (χ0n) is 6.12. The van der Waals surface area contributed by atoms with Crippen molar-refractivity contribution in [1.29, 1.82) is 0 Å². The fraction of sp³-hybridized carbons (Fsp3) is 0.429. The normalized spacial score (nSPS) is 19.4. The third-order valence-electron chi connectivity index (χ3n) is 1.72. The highest BCUT2D eigenvalue weighted by atomic mass is 15.2. The molecule has 0 saturated heterocycles. The summed E-state index contributed by atoms with van der Waals surface area (Å²) >= 11 is 0. The highest BCUT2D eigenvalue weighted by Gasteiger charge is 2.38. The number of nitrogens with one attached hydrogen (secondary N) is 1. The Morgan fingerprint density at radius 3 is 2.55 bits per heavy atom. The van der Waals surface area contributed by atoms with Gasteiger partial charge in [-0.15, -0.1) is 0 Å². The van der Waals surface area contributed by atoms with Crippen LogP contribution in [0.25, 0.3) is 0 Å². The van der Waals surface area contributed by atoms with E-state index in [0.29, 0.717) is 5.95 Å². The van der Waals surface area contributed by atoms with Gasteiger partial charge in [0.25, 0.3) is 0 Å². The molecule has 0 aromatic carbocycles. The van der Waals surface area contributed by atoms with Crippen LogP contribution in [0.5, 0.6) is 0 Å². The van der Waals surface area contributed by atoms with Gasteiger partial charge >= 0.3 is 0 Å². The van der Waals surface area contributed by atoms with Crippen LogP contribution < -0.4 is 11.1 Å². The molecule has 1 saturated carbocycles. The first-order valence-corrected chi connectivity index (χ1v) is 3.63. The SMILES string of the molecule is NC1(Nc2ncccn2)CC1. The number of hydrogen-bond donors (Lipinski definition) is 2. The quantitative estimate of drug-likeness (QED) is 0.596. The molecule has 58 valence electrons. The van der Waals surface area contributed by atoms with Gasteiger partial charge in [0.05, 0.1) is 5.66 Å².